The lowest BCUT2D eigenvalue weighted by Crippen LogP contribution is -2.21. The first kappa shape index (κ1) is 14.9. The Kier molecular flexibility index (Phi) is 5.45. The van der Waals surface area contributed by atoms with E-state index in [0.717, 1.165) is 36.3 Å². The van der Waals surface area contributed by atoms with Crippen molar-refractivity contribution in [2.45, 2.75) is 19.6 Å². The largest absolute Gasteiger partial charge is 0.383 e. The zero-order chi connectivity index (χ0) is 14.4. The molecule has 0 radical (unpaired) electrons. The normalized spacial score (nSPS) is 11.2. The van der Waals surface area contributed by atoms with Gasteiger partial charge < -0.3 is 14.6 Å². The molecule has 20 heavy (non-hydrogen) atoms. The minimum absolute atomic E-state index is 0.659. The van der Waals surface area contributed by atoms with Crippen LogP contribution in [0.1, 0.15) is 11.5 Å². The highest BCUT2D eigenvalue weighted by molar-refractivity contribution is 7.13. The maximum Gasteiger partial charge on any atom is 0.182 e. The van der Waals surface area contributed by atoms with Crippen LogP contribution in [-0.4, -0.2) is 52.5 Å². The van der Waals surface area contributed by atoms with Crippen molar-refractivity contribution in [2.24, 2.45) is 0 Å². The fraction of sp³-hybridized carbons (Fsp3) is 0.583. The Balaban J connectivity index is 1.90. The second-order valence-corrected chi connectivity index (χ2v) is 5.36. The average Bonchev–Trinajstić information content (AvgIpc) is 3.05. The van der Waals surface area contributed by atoms with Crippen molar-refractivity contribution in [3.05, 3.63) is 23.2 Å². The van der Waals surface area contributed by atoms with E-state index >= 15 is 0 Å². The summed E-state index contributed by atoms with van der Waals surface area (Å²) in [6.45, 7) is 2.95. The van der Waals surface area contributed by atoms with Crippen molar-refractivity contribution in [1.82, 2.24) is 24.6 Å². The van der Waals surface area contributed by atoms with Crippen LogP contribution < -0.4 is 5.32 Å². The Morgan fingerprint density at radius 3 is 3.00 bits per heavy atom. The summed E-state index contributed by atoms with van der Waals surface area (Å²) in [5.74, 6) is 0.939. The molecule has 0 fully saturated rings. The number of nitrogens with one attached hydrogen (secondary N) is 1. The van der Waals surface area contributed by atoms with Gasteiger partial charge in [-0.2, -0.15) is 0 Å². The maximum absolute atomic E-state index is 5.08. The molecule has 0 atom stereocenters. The number of methoxy groups -OCH3 is 1. The molecule has 110 valence electrons. The minimum atomic E-state index is 0.659. The highest BCUT2D eigenvalue weighted by Gasteiger charge is 2.10. The predicted molar refractivity (Wildman–Crippen MR) is 78.7 cm³/mol. The molecule has 0 amide bonds. The number of hydrogen-bond donors (Lipinski definition) is 1. The topological polar surface area (TPSA) is 68.1 Å². The van der Waals surface area contributed by atoms with Crippen molar-refractivity contribution in [3.8, 4) is 0 Å². The summed E-state index contributed by atoms with van der Waals surface area (Å²) in [5, 5.41) is 14.2. The molecule has 2 heterocycles. The van der Waals surface area contributed by atoms with Crippen LogP contribution >= 0.6 is 11.3 Å². The van der Waals surface area contributed by atoms with Crippen LogP contribution in [-0.2, 0) is 24.4 Å². The van der Waals surface area contributed by atoms with Gasteiger partial charge in [0.1, 0.15) is 12.2 Å². The number of hydrogen-bond acceptors (Lipinski definition) is 7. The lowest BCUT2D eigenvalue weighted by molar-refractivity contribution is 0.184. The lowest BCUT2D eigenvalue weighted by atomic mass is 10.4. The maximum atomic E-state index is 5.08. The fourth-order valence-electron chi connectivity index (χ4n) is 1.85. The van der Waals surface area contributed by atoms with E-state index in [0.29, 0.717) is 6.61 Å². The van der Waals surface area contributed by atoms with Crippen LogP contribution in [0, 0.1) is 0 Å². The van der Waals surface area contributed by atoms with Crippen molar-refractivity contribution >= 4 is 16.5 Å². The molecule has 0 aliphatic carbocycles. The van der Waals surface area contributed by atoms with Crippen LogP contribution in [0.15, 0.2) is 11.7 Å². The van der Waals surface area contributed by atoms with Gasteiger partial charge in [-0.3, -0.25) is 4.90 Å². The molecular formula is C12H20N6OS. The van der Waals surface area contributed by atoms with Gasteiger partial charge in [-0.15, -0.1) is 21.5 Å². The lowest BCUT2D eigenvalue weighted by Gasteiger charge is -2.15. The van der Waals surface area contributed by atoms with Gasteiger partial charge in [0.2, 0.25) is 0 Å². The number of aromatic nitrogens is 4. The summed E-state index contributed by atoms with van der Waals surface area (Å²) in [7, 11) is 5.62. The SMILES string of the molecule is CNc1nc(CN(C)Cc2nncn2CCOC)cs1. The summed E-state index contributed by atoms with van der Waals surface area (Å²) in [5.41, 5.74) is 1.06. The van der Waals surface area contributed by atoms with E-state index < -0.39 is 0 Å². The average molecular weight is 296 g/mol. The molecule has 0 aliphatic rings. The van der Waals surface area contributed by atoms with Crippen molar-refractivity contribution in [3.63, 3.8) is 0 Å². The summed E-state index contributed by atoms with van der Waals surface area (Å²) < 4.78 is 7.09. The second-order valence-electron chi connectivity index (χ2n) is 4.50. The summed E-state index contributed by atoms with van der Waals surface area (Å²) in [6.07, 6.45) is 1.74. The molecule has 1 N–H and O–H groups in total. The Hall–Kier alpha value is -1.51. The van der Waals surface area contributed by atoms with Crippen molar-refractivity contribution in [2.75, 3.05) is 33.1 Å². The van der Waals surface area contributed by atoms with Gasteiger partial charge >= 0.3 is 0 Å². The van der Waals surface area contributed by atoms with Gasteiger partial charge in [0.25, 0.3) is 0 Å². The molecule has 0 saturated heterocycles. The molecule has 8 heteroatoms. The van der Waals surface area contributed by atoms with Crippen LogP contribution in [0.2, 0.25) is 0 Å². The zero-order valence-electron chi connectivity index (χ0n) is 12.0. The standard InChI is InChI=1S/C12H20N6OS/c1-13-12-15-10(8-20-12)6-17(2)7-11-16-14-9-18(11)4-5-19-3/h8-9H,4-7H2,1-3H3,(H,13,15). The molecule has 0 spiro atoms. The summed E-state index contributed by atoms with van der Waals surface area (Å²) in [6, 6.07) is 0. The quantitative estimate of drug-likeness (QED) is 0.785. The number of thiazole rings is 1. The number of rotatable bonds is 8. The molecule has 7 nitrogen and oxygen atoms in total. The second kappa shape index (κ2) is 7.32. The number of anilines is 1. The highest BCUT2D eigenvalue weighted by atomic mass is 32.1. The molecule has 0 bridgehead atoms. The molecule has 0 saturated carbocycles. The Morgan fingerprint density at radius 1 is 1.45 bits per heavy atom. The van der Waals surface area contributed by atoms with Gasteiger partial charge in [-0.05, 0) is 7.05 Å². The Labute approximate surface area is 122 Å². The van der Waals surface area contributed by atoms with Crippen LogP contribution in [0.3, 0.4) is 0 Å². The number of ether oxygens (including phenoxy) is 1. The molecule has 0 aliphatic heterocycles. The third kappa shape index (κ3) is 3.99. The van der Waals surface area contributed by atoms with Gasteiger partial charge in [0.15, 0.2) is 5.13 Å². The molecule has 0 unspecified atom stereocenters. The van der Waals surface area contributed by atoms with Gasteiger partial charge in [0, 0.05) is 32.6 Å². The Morgan fingerprint density at radius 2 is 2.30 bits per heavy atom. The van der Waals surface area contributed by atoms with Gasteiger partial charge in [0.05, 0.1) is 18.8 Å². The fourth-order valence-corrected chi connectivity index (χ4v) is 2.51. The number of nitrogens with zero attached hydrogens (tertiary/aromatic N) is 5. The van der Waals surface area contributed by atoms with E-state index in [2.05, 4.69) is 30.8 Å². The predicted octanol–water partition coefficient (Wildman–Crippen LogP) is 1.05. The van der Waals surface area contributed by atoms with Crippen LogP contribution in [0.4, 0.5) is 5.13 Å². The third-order valence-electron chi connectivity index (χ3n) is 2.84. The van der Waals surface area contributed by atoms with E-state index in [9.17, 15) is 0 Å². The molecule has 2 aromatic rings. The van der Waals surface area contributed by atoms with E-state index in [1.807, 2.05) is 18.7 Å². The van der Waals surface area contributed by atoms with Crippen LogP contribution in [0.25, 0.3) is 0 Å². The minimum Gasteiger partial charge on any atom is -0.383 e. The zero-order valence-corrected chi connectivity index (χ0v) is 12.9. The summed E-state index contributed by atoms with van der Waals surface area (Å²) >= 11 is 1.62. The van der Waals surface area contributed by atoms with E-state index in [4.69, 9.17) is 4.74 Å². The molecule has 2 aromatic heterocycles. The molecule has 0 aromatic carbocycles. The van der Waals surface area contributed by atoms with Crippen molar-refractivity contribution < 1.29 is 4.74 Å². The highest BCUT2D eigenvalue weighted by Crippen LogP contribution is 2.16. The van der Waals surface area contributed by atoms with E-state index in [-0.39, 0.29) is 0 Å². The first-order chi connectivity index (χ1) is 9.72. The molecule has 2 rings (SSSR count). The molecular weight excluding hydrogens is 276 g/mol. The monoisotopic (exact) mass is 296 g/mol. The Bertz CT molecular complexity index is 526. The van der Waals surface area contributed by atoms with Gasteiger partial charge in [-0.25, -0.2) is 4.98 Å². The third-order valence-corrected chi connectivity index (χ3v) is 3.75. The summed E-state index contributed by atoms with van der Waals surface area (Å²) in [4.78, 5) is 6.64. The van der Waals surface area contributed by atoms with E-state index in [1.54, 1.807) is 24.8 Å². The van der Waals surface area contributed by atoms with Gasteiger partial charge in [-0.1, -0.05) is 0 Å². The first-order valence-electron chi connectivity index (χ1n) is 6.39. The van der Waals surface area contributed by atoms with E-state index in [1.165, 1.54) is 0 Å². The van der Waals surface area contributed by atoms with Crippen LogP contribution in [0.5, 0.6) is 0 Å². The van der Waals surface area contributed by atoms with Crippen molar-refractivity contribution in [1.29, 1.82) is 0 Å². The smallest absolute Gasteiger partial charge is 0.182 e. The first-order valence-corrected chi connectivity index (χ1v) is 7.27.